The fourth-order valence-corrected chi connectivity index (χ4v) is 3.94. The minimum absolute atomic E-state index is 0.193. The number of hydrogen-bond donors (Lipinski definition) is 1. The number of aromatic nitrogens is 5. The van der Waals surface area contributed by atoms with Gasteiger partial charge in [0.05, 0.1) is 30.4 Å². The highest BCUT2D eigenvalue weighted by molar-refractivity contribution is 5.88. The molecule has 0 aliphatic carbocycles. The van der Waals surface area contributed by atoms with Gasteiger partial charge in [-0.3, -0.25) is 0 Å². The normalized spacial score (nSPS) is 14.8. The van der Waals surface area contributed by atoms with Crippen LogP contribution in [0, 0.1) is 18.7 Å². The van der Waals surface area contributed by atoms with E-state index in [4.69, 9.17) is 4.74 Å². The first-order valence-electron chi connectivity index (χ1n) is 9.85. The van der Waals surface area contributed by atoms with E-state index in [2.05, 4.69) is 38.8 Å². The van der Waals surface area contributed by atoms with E-state index < -0.39 is 0 Å². The molecule has 8 heteroatoms. The van der Waals surface area contributed by atoms with E-state index in [1.165, 1.54) is 6.07 Å². The highest BCUT2D eigenvalue weighted by Gasteiger charge is 2.19. The van der Waals surface area contributed by atoms with Crippen molar-refractivity contribution < 1.29 is 9.13 Å². The van der Waals surface area contributed by atoms with Crippen LogP contribution < -0.4 is 5.32 Å². The highest BCUT2D eigenvalue weighted by Crippen LogP contribution is 2.32. The molecule has 1 aromatic carbocycles. The van der Waals surface area contributed by atoms with E-state index in [9.17, 15) is 4.39 Å². The summed E-state index contributed by atoms with van der Waals surface area (Å²) in [7, 11) is 0. The Balaban J connectivity index is 1.54. The average Bonchev–Trinajstić information content (AvgIpc) is 3.20. The summed E-state index contributed by atoms with van der Waals surface area (Å²) < 4.78 is 23.9. The van der Waals surface area contributed by atoms with Crippen LogP contribution in [0.15, 0.2) is 30.6 Å². The van der Waals surface area contributed by atoms with Gasteiger partial charge in [-0.1, -0.05) is 0 Å². The molecule has 1 saturated heterocycles. The van der Waals surface area contributed by atoms with Crippen molar-refractivity contribution in [1.82, 2.24) is 24.1 Å². The van der Waals surface area contributed by atoms with E-state index >= 15 is 0 Å². The van der Waals surface area contributed by atoms with Gasteiger partial charge in [-0.2, -0.15) is 0 Å². The molecule has 0 saturated carbocycles. The molecule has 0 amide bonds. The highest BCUT2D eigenvalue weighted by atomic mass is 19.1. The minimum atomic E-state index is -0.318. The molecule has 1 N–H and O–H groups in total. The van der Waals surface area contributed by atoms with E-state index in [0.29, 0.717) is 17.4 Å². The molecule has 0 spiro atoms. The van der Waals surface area contributed by atoms with Crippen LogP contribution in [0.4, 0.5) is 10.3 Å². The number of nitrogens with zero attached hydrogens (tertiary/aromatic N) is 5. The van der Waals surface area contributed by atoms with Crippen LogP contribution in [0.5, 0.6) is 0 Å². The molecule has 0 atom stereocenters. The first-order chi connectivity index (χ1) is 14.0. The molecule has 3 aromatic heterocycles. The Morgan fingerprint density at radius 3 is 2.83 bits per heavy atom. The van der Waals surface area contributed by atoms with Crippen LogP contribution in [0.2, 0.25) is 0 Å². The number of anilines is 1. The van der Waals surface area contributed by atoms with Gasteiger partial charge >= 0.3 is 0 Å². The summed E-state index contributed by atoms with van der Waals surface area (Å²) in [5, 5.41) is 7.78. The van der Waals surface area contributed by atoms with Crippen LogP contribution in [-0.4, -0.2) is 43.9 Å². The summed E-state index contributed by atoms with van der Waals surface area (Å²) in [6.45, 7) is 8.41. The van der Waals surface area contributed by atoms with Crippen molar-refractivity contribution in [3.05, 3.63) is 42.2 Å². The Kier molecular flexibility index (Phi) is 4.24. The fraction of sp³-hybridized carbons (Fsp3) is 0.381. The maximum atomic E-state index is 14.8. The number of aryl methyl sites for hydroxylation is 1. The number of halogens is 1. The second kappa shape index (κ2) is 6.81. The van der Waals surface area contributed by atoms with Gasteiger partial charge in [-0.05, 0) is 44.5 Å². The predicted octanol–water partition coefficient (Wildman–Crippen LogP) is 3.83. The molecule has 4 aromatic rings. The maximum absolute atomic E-state index is 14.8. The second-order valence-electron chi connectivity index (χ2n) is 7.87. The van der Waals surface area contributed by atoms with Crippen LogP contribution >= 0.6 is 0 Å². The van der Waals surface area contributed by atoms with Crippen molar-refractivity contribution in [2.75, 3.05) is 25.1 Å². The van der Waals surface area contributed by atoms with Gasteiger partial charge < -0.3 is 14.6 Å². The van der Waals surface area contributed by atoms with E-state index in [-0.39, 0.29) is 11.9 Å². The summed E-state index contributed by atoms with van der Waals surface area (Å²) >= 11 is 0. The van der Waals surface area contributed by atoms with Crippen LogP contribution in [0.3, 0.4) is 0 Å². The number of fused-ring (bicyclic) bond motifs is 2. The lowest BCUT2D eigenvalue weighted by molar-refractivity contribution is -0.0249. The van der Waals surface area contributed by atoms with E-state index in [1.54, 1.807) is 10.7 Å². The Bertz CT molecular complexity index is 1210. The standard InChI is InChI=1S/C21H23FN6O/c1-12(2)28-13(3)25-20-17(22)6-15(7-18(20)28)16-4-5-27-19(16)9-24-21(26-27)23-8-14-10-29-11-14/h4-7,9,12,14H,8,10-11H2,1-3H3,(H,23,26). The van der Waals surface area contributed by atoms with Gasteiger partial charge in [-0.15, -0.1) is 5.10 Å². The first-order valence-corrected chi connectivity index (χ1v) is 9.85. The third kappa shape index (κ3) is 3.04. The number of hydrogen-bond acceptors (Lipinski definition) is 5. The van der Waals surface area contributed by atoms with Gasteiger partial charge in [-0.25, -0.2) is 18.9 Å². The lowest BCUT2D eigenvalue weighted by Gasteiger charge is -2.25. The Labute approximate surface area is 167 Å². The number of nitrogens with one attached hydrogen (secondary N) is 1. The summed E-state index contributed by atoms with van der Waals surface area (Å²) in [6, 6.07) is 5.67. The van der Waals surface area contributed by atoms with Gasteiger partial charge in [0.1, 0.15) is 11.3 Å². The number of benzene rings is 1. The van der Waals surface area contributed by atoms with Crippen molar-refractivity contribution in [2.45, 2.75) is 26.8 Å². The van der Waals surface area contributed by atoms with E-state index in [0.717, 1.165) is 47.7 Å². The second-order valence-corrected chi connectivity index (χ2v) is 7.87. The predicted molar refractivity (Wildman–Crippen MR) is 110 cm³/mol. The zero-order valence-electron chi connectivity index (χ0n) is 16.7. The molecular formula is C21H23FN6O. The Morgan fingerprint density at radius 2 is 2.10 bits per heavy atom. The molecule has 4 heterocycles. The van der Waals surface area contributed by atoms with Crippen molar-refractivity contribution in [3.63, 3.8) is 0 Å². The van der Waals surface area contributed by atoms with Gasteiger partial charge in [0.2, 0.25) is 5.95 Å². The quantitative estimate of drug-likeness (QED) is 0.557. The smallest absolute Gasteiger partial charge is 0.241 e. The molecule has 1 aliphatic rings. The largest absolute Gasteiger partial charge is 0.381 e. The van der Waals surface area contributed by atoms with Crippen LogP contribution in [0.1, 0.15) is 25.7 Å². The molecule has 0 radical (unpaired) electrons. The number of rotatable bonds is 5. The first kappa shape index (κ1) is 18.1. The SMILES string of the molecule is Cc1nc2c(F)cc(-c3ccn4nc(NCC5COC5)ncc34)cc2n1C(C)C. The fourth-order valence-electron chi connectivity index (χ4n) is 3.94. The van der Waals surface area contributed by atoms with Crippen molar-refractivity contribution >= 4 is 22.5 Å². The molecule has 0 unspecified atom stereocenters. The maximum Gasteiger partial charge on any atom is 0.241 e. The summed E-state index contributed by atoms with van der Waals surface area (Å²) in [4.78, 5) is 8.85. The molecule has 1 aliphatic heterocycles. The third-order valence-corrected chi connectivity index (χ3v) is 5.43. The summed E-state index contributed by atoms with van der Waals surface area (Å²) in [5.41, 5.74) is 3.71. The van der Waals surface area contributed by atoms with E-state index in [1.807, 2.05) is 25.3 Å². The average molecular weight is 394 g/mol. The minimum Gasteiger partial charge on any atom is -0.381 e. The monoisotopic (exact) mass is 394 g/mol. The van der Waals surface area contributed by atoms with Crippen molar-refractivity contribution in [2.24, 2.45) is 5.92 Å². The van der Waals surface area contributed by atoms with Crippen molar-refractivity contribution in [3.8, 4) is 11.1 Å². The molecule has 1 fully saturated rings. The van der Waals surface area contributed by atoms with Gasteiger partial charge in [0.15, 0.2) is 5.82 Å². The Morgan fingerprint density at radius 1 is 1.28 bits per heavy atom. The van der Waals surface area contributed by atoms with Crippen LogP contribution in [0.25, 0.3) is 27.7 Å². The summed E-state index contributed by atoms with van der Waals surface area (Å²) in [5.74, 6) is 1.57. The van der Waals surface area contributed by atoms with Gasteiger partial charge in [0.25, 0.3) is 0 Å². The number of imidazole rings is 1. The number of ether oxygens (including phenoxy) is 1. The molecule has 5 rings (SSSR count). The zero-order valence-corrected chi connectivity index (χ0v) is 16.7. The molecular weight excluding hydrogens is 371 g/mol. The van der Waals surface area contributed by atoms with Gasteiger partial charge in [0, 0.05) is 30.3 Å². The molecule has 7 nitrogen and oxygen atoms in total. The summed E-state index contributed by atoms with van der Waals surface area (Å²) in [6.07, 6.45) is 3.64. The molecule has 29 heavy (non-hydrogen) atoms. The Hall–Kier alpha value is -3.00. The lowest BCUT2D eigenvalue weighted by atomic mass is 10.1. The van der Waals surface area contributed by atoms with Crippen LogP contribution in [-0.2, 0) is 4.74 Å². The topological polar surface area (TPSA) is 69.3 Å². The van der Waals surface area contributed by atoms with Crippen molar-refractivity contribution in [1.29, 1.82) is 0 Å². The lowest BCUT2D eigenvalue weighted by Crippen LogP contribution is -2.33. The molecule has 0 bridgehead atoms. The molecule has 150 valence electrons. The third-order valence-electron chi connectivity index (χ3n) is 5.43. The zero-order chi connectivity index (χ0) is 20.1.